The average Bonchev–Trinajstić information content (AvgIpc) is 2.47. The van der Waals surface area contributed by atoms with Crippen molar-refractivity contribution in [3.63, 3.8) is 0 Å². The first-order valence-corrected chi connectivity index (χ1v) is 9.12. The lowest BCUT2D eigenvalue weighted by atomic mass is 10.0. The number of amides is 1. The number of hydrogen-bond donors (Lipinski definition) is 0. The van der Waals surface area contributed by atoms with Gasteiger partial charge in [-0.3, -0.25) is 4.79 Å². The molecule has 0 aromatic heterocycles. The molecule has 0 spiro atoms. The van der Waals surface area contributed by atoms with Crippen molar-refractivity contribution >= 4 is 27.5 Å². The van der Waals surface area contributed by atoms with Gasteiger partial charge in [0, 0.05) is 25.2 Å². The molecular formula is C15H21ClN2O3S. The molecule has 1 saturated heterocycles. The topological polar surface area (TPSA) is 57.7 Å². The van der Waals surface area contributed by atoms with E-state index in [2.05, 4.69) is 6.92 Å². The van der Waals surface area contributed by atoms with Gasteiger partial charge in [0.15, 0.2) is 0 Å². The van der Waals surface area contributed by atoms with E-state index in [1.165, 1.54) is 19.2 Å². The highest BCUT2D eigenvalue weighted by atomic mass is 35.5. The highest BCUT2D eigenvalue weighted by Crippen LogP contribution is 2.20. The Morgan fingerprint density at radius 2 is 2.18 bits per heavy atom. The van der Waals surface area contributed by atoms with Crippen LogP contribution in [0.5, 0.6) is 0 Å². The quantitative estimate of drug-likeness (QED) is 0.841. The van der Waals surface area contributed by atoms with Crippen molar-refractivity contribution < 1.29 is 13.2 Å². The molecule has 7 heteroatoms. The van der Waals surface area contributed by atoms with Crippen LogP contribution in [-0.2, 0) is 14.8 Å². The van der Waals surface area contributed by atoms with Crippen molar-refractivity contribution in [2.75, 3.05) is 26.7 Å². The molecule has 5 nitrogen and oxygen atoms in total. The summed E-state index contributed by atoms with van der Waals surface area (Å²) in [4.78, 5) is 14.1. The van der Waals surface area contributed by atoms with E-state index in [0.29, 0.717) is 24.0 Å². The minimum atomic E-state index is -3.71. The van der Waals surface area contributed by atoms with Crippen molar-refractivity contribution in [1.29, 1.82) is 0 Å². The van der Waals surface area contributed by atoms with E-state index >= 15 is 0 Å². The molecule has 0 N–H and O–H groups in total. The molecule has 0 saturated carbocycles. The second-order valence-electron chi connectivity index (χ2n) is 5.81. The van der Waals surface area contributed by atoms with Crippen molar-refractivity contribution in [1.82, 2.24) is 9.21 Å². The number of piperidine rings is 1. The lowest BCUT2D eigenvalue weighted by Crippen LogP contribution is -2.45. The smallest absolute Gasteiger partial charge is 0.243 e. The highest BCUT2D eigenvalue weighted by molar-refractivity contribution is 7.89. The SMILES string of the molecule is CC1CCCN(C(=O)CN(C)S(=O)(=O)c2cccc(Cl)c2)C1. The minimum absolute atomic E-state index is 0.0994. The summed E-state index contributed by atoms with van der Waals surface area (Å²) in [6.45, 7) is 3.35. The first-order valence-electron chi connectivity index (χ1n) is 7.30. The van der Waals surface area contributed by atoms with Crippen molar-refractivity contribution in [3.8, 4) is 0 Å². The van der Waals surface area contributed by atoms with Crippen LogP contribution in [0.4, 0.5) is 0 Å². The predicted octanol–water partition coefficient (Wildman–Crippen LogP) is 2.22. The molecule has 1 fully saturated rings. The van der Waals surface area contributed by atoms with Crippen LogP contribution < -0.4 is 0 Å². The van der Waals surface area contributed by atoms with Crippen LogP contribution in [0.2, 0.25) is 5.02 Å². The third-order valence-electron chi connectivity index (χ3n) is 3.87. The number of nitrogens with zero attached hydrogens (tertiary/aromatic N) is 2. The number of likely N-dealkylation sites (tertiary alicyclic amines) is 1. The Balaban J connectivity index is 2.07. The molecule has 1 atom stereocenters. The van der Waals surface area contributed by atoms with E-state index in [9.17, 15) is 13.2 Å². The van der Waals surface area contributed by atoms with E-state index in [1.54, 1.807) is 17.0 Å². The van der Waals surface area contributed by atoms with Gasteiger partial charge < -0.3 is 4.90 Å². The molecule has 1 aromatic carbocycles. The lowest BCUT2D eigenvalue weighted by Gasteiger charge is -2.32. The maximum absolute atomic E-state index is 12.5. The number of sulfonamides is 1. The number of rotatable bonds is 4. The number of carbonyl (C=O) groups is 1. The Bertz CT molecular complexity index is 648. The zero-order valence-electron chi connectivity index (χ0n) is 12.8. The normalized spacial score (nSPS) is 19.5. The van der Waals surface area contributed by atoms with Gasteiger partial charge in [0.1, 0.15) is 0 Å². The molecule has 0 radical (unpaired) electrons. The van der Waals surface area contributed by atoms with Gasteiger partial charge in [0.25, 0.3) is 0 Å². The molecule has 1 unspecified atom stereocenters. The first-order chi connectivity index (χ1) is 10.3. The molecule has 1 aliphatic rings. The van der Waals surface area contributed by atoms with Crippen LogP contribution in [0, 0.1) is 5.92 Å². The summed E-state index contributed by atoms with van der Waals surface area (Å²) in [6.07, 6.45) is 2.08. The molecule has 1 heterocycles. The molecule has 22 heavy (non-hydrogen) atoms. The summed E-state index contributed by atoms with van der Waals surface area (Å²) < 4.78 is 26.0. The number of likely N-dealkylation sites (N-methyl/N-ethyl adjacent to an activating group) is 1. The van der Waals surface area contributed by atoms with E-state index in [0.717, 1.165) is 17.1 Å². The Kier molecular flexibility index (Phi) is 5.47. The Labute approximate surface area is 136 Å². The molecular weight excluding hydrogens is 324 g/mol. The zero-order valence-corrected chi connectivity index (χ0v) is 14.4. The fourth-order valence-electron chi connectivity index (χ4n) is 2.60. The third kappa shape index (κ3) is 4.00. The maximum Gasteiger partial charge on any atom is 0.243 e. The van der Waals surface area contributed by atoms with E-state index < -0.39 is 10.0 Å². The Morgan fingerprint density at radius 1 is 1.45 bits per heavy atom. The van der Waals surface area contributed by atoms with E-state index in [1.807, 2.05) is 0 Å². The number of benzene rings is 1. The highest BCUT2D eigenvalue weighted by Gasteiger charge is 2.27. The van der Waals surface area contributed by atoms with Crippen LogP contribution in [0.1, 0.15) is 19.8 Å². The number of hydrogen-bond acceptors (Lipinski definition) is 3. The molecule has 0 aliphatic carbocycles. The molecule has 1 aromatic rings. The largest absolute Gasteiger partial charge is 0.341 e. The van der Waals surface area contributed by atoms with Gasteiger partial charge in [0.05, 0.1) is 11.4 Å². The van der Waals surface area contributed by atoms with Gasteiger partial charge in [-0.05, 0) is 37.0 Å². The Hall–Kier alpha value is -1.11. The summed E-state index contributed by atoms with van der Waals surface area (Å²) in [5, 5.41) is 0.352. The molecule has 1 amide bonds. The second kappa shape index (κ2) is 6.98. The average molecular weight is 345 g/mol. The second-order valence-corrected chi connectivity index (χ2v) is 8.29. The molecule has 1 aliphatic heterocycles. The van der Waals surface area contributed by atoms with Gasteiger partial charge in [-0.2, -0.15) is 4.31 Å². The molecule has 2 rings (SSSR count). The standard InChI is InChI=1S/C15H21ClN2O3S/c1-12-5-4-8-18(10-12)15(19)11-17(2)22(20,21)14-7-3-6-13(16)9-14/h3,6-7,9,12H,4-5,8,10-11H2,1-2H3. The summed E-state index contributed by atoms with van der Waals surface area (Å²) in [5.74, 6) is 0.312. The lowest BCUT2D eigenvalue weighted by molar-refractivity contribution is -0.132. The van der Waals surface area contributed by atoms with E-state index in [4.69, 9.17) is 11.6 Å². The van der Waals surface area contributed by atoms with Crippen LogP contribution in [0.3, 0.4) is 0 Å². The summed E-state index contributed by atoms with van der Waals surface area (Å²) >= 11 is 5.84. The van der Waals surface area contributed by atoms with Gasteiger partial charge >= 0.3 is 0 Å². The zero-order chi connectivity index (χ0) is 16.3. The summed E-state index contributed by atoms with van der Waals surface area (Å²) in [6, 6.07) is 6.06. The fourth-order valence-corrected chi connectivity index (χ4v) is 4.02. The van der Waals surface area contributed by atoms with Gasteiger partial charge in [-0.1, -0.05) is 24.6 Å². The van der Waals surface area contributed by atoms with Crippen LogP contribution in [0.25, 0.3) is 0 Å². The monoisotopic (exact) mass is 344 g/mol. The number of carbonyl (C=O) groups excluding carboxylic acids is 1. The summed E-state index contributed by atoms with van der Waals surface area (Å²) in [7, 11) is -2.29. The maximum atomic E-state index is 12.5. The van der Waals surface area contributed by atoms with Crippen molar-refractivity contribution in [3.05, 3.63) is 29.3 Å². The van der Waals surface area contributed by atoms with Crippen LogP contribution >= 0.6 is 11.6 Å². The molecule has 0 bridgehead atoms. The van der Waals surface area contributed by atoms with Crippen LogP contribution in [-0.4, -0.2) is 50.2 Å². The van der Waals surface area contributed by atoms with Gasteiger partial charge in [-0.15, -0.1) is 0 Å². The minimum Gasteiger partial charge on any atom is -0.341 e. The van der Waals surface area contributed by atoms with Crippen LogP contribution in [0.15, 0.2) is 29.2 Å². The third-order valence-corrected chi connectivity index (χ3v) is 5.91. The Morgan fingerprint density at radius 3 is 2.82 bits per heavy atom. The molecule has 122 valence electrons. The number of halogens is 1. The summed E-state index contributed by atoms with van der Waals surface area (Å²) in [5.41, 5.74) is 0. The predicted molar refractivity (Wildman–Crippen MR) is 86.2 cm³/mol. The van der Waals surface area contributed by atoms with Crippen molar-refractivity contribution in [2.24, 2.45) is 5.92 Å². The van der Waals surface area contributed by atoms with Gasteiger partial charge in [0.2, 0.25) is 15.9 Å². The van der Waals surface area contributed by atoms with Crippen molar-refractivity contribution in [2.45, 2.75) is 24.7 Å². The first kappa shape index (κ1) is 17.2. The van der Waals surface area contributed by atoms with E-state index in [-0.39, 0.29) is 17.3 Å². The fraction of sp³-hybridized carbons (Fsp3) is 0.533. The van der Waals surface area contributed by atoms with Gasteiger partial charge in [-0.25, -0.2) is 8.42 Å².